The highest BCUT2D eigenvalue weighted by Crippen LogP contribution is 2.35. The zero-order chi connectivity index (χ0) is 26.5. The van der Waals surface area contributed by atoms with E-state index in [0.717, 1.165) is 17.7 Å². The van der Waals surface area contributed by atoms with Crippen LogP contribution in [0, 0.1) is 10.5 Å². The number of halogens is 4. The summed E-state index contributed by atoms with van der Waals surface area (Å²) in [7, 11) is -2.77. The Balaban J connectivity index is 1.71. The molecule has 0 saturated carbocycles. The van der Waals surface area contributed by atoms with E-state index >= 15 is 0 Å². The molecule has 190 valence electrons. The number of hydrogen-bond acceptors (Lipinski definition) is 6. The van der Waals surface area contributed by atoms with Crippen LogP contribution in [0.4, 0.5) is 13.2 Å². The Morgan fingerprint density at radius 3 is 2.44 bits per heavy atom. The number of methoxy groups -OCH3 is 1. The van der Waals surface area contributed by atoms with Crippen molar-refractivity contribution in [2.24, 2.45) is 5.10 Å². The number of benzene rings is 3. The molecular formula is C24H20F3IN2O5S. The molecule has 0 bridgehead atoms. The van der Waals surface area contributed by atoms with Crippen LogP contribution in [-0.4, -0.2) is 27.6 Å². The highest BCUT2D eigenvalue weighted by molar-refractivity contribution is 14.1. The van der Waals surface area contributed by atoms with Crippen molar-refractivity contribution >= 4 is 44.8 Å². The summed E-state index contributed by atoms with van der Waals surface area (Å²) >= 11 is 1.88. The van der Waals surface area contributed by atoms with Gasteiger partial charge in [-0.3, -0.25) is 4.79 Å². The van der Waals surface area contributed by atoms with Gasteiger partial charge in [0.05, 0.1) is 28.9 Å². The second-order valence-corrected chi connectivity index (χ2v) is 10.3. The summed E-state index contributed by atoms with van der Waals surface area (Å²) in [4.78, 5) is 12.1. The number of nitrogens with zero attached hydrogens (tertiary/aromatic N) is 1. The first-order chi connectivity index (χ1) is 16.9. The van der Waals surface area contributed by atoms with E-state index in [1.165, 1.54) is 43.7 Å². The summed E-state index contributed by atoms with van der Waals surface area (Å²) in [5, 5.41) is 3.82. The largest absolute Gasteiger partial charge is 0.493 e. The molecule has 1 amide bonds. The van der Waals surface area contributed by atoms with Crippen molar-refractivity contribution in [3.05, 3.63) is 86.5 Å². The van der Waals surface area contributed by atoms with Gasteiger partial charge in [-0.1, -0.05) is 35.9 Å². The molecule has 0 saturated heterocycles. The van der Waals surface area contributed by atoms with Gasteiger partial charge in [-0.15, -0.1) is 0 Å². The zero-order valence-electron chi connectivity index (χ0n) is 19.0. The molecule has 0 aromatic heterocycles. The third-order valence-corrected chi connectivity index (χ3v) is 6.81. The number of hydrazone groups is 1. The first kappa shape index (κ1) is 27.5. The van der Waals surface area contributed by atoms with E-state index in [1.54, 1.807) is 18.2 Å². The minimum Gasteiger partial charge on any atom is -0.493 e. The van der Waals surface area contributed by atoms with Crippen LogP contribution in [0.15, 0.2) is 70.7 Å². The van der Waals surface area contributed by atoms with E-state index in [0.29, 0.717) is 9.13 Å². The molecule has 0 aliphatic carbocycles. The summed E-state index contributed by atoms with van der Waals surface area (Å²) in [6.45, 7) is 1.83. The number of aryl methyl sites for hydroxylation is 1. The van der Waals surface area contributed by atoms with Crippen molar-refractivity contribution in [3.63, 3.8) is 0 Å². The average Bonchev–Trinajstić information content (AvgIpc) is 2.80. The van der Waals surface area contributed by atoms with Crippen molar-refractivity contribution < 1.29 is 35.3 Å². The number of carbonyl (C=O) groups is 1. The highest BCUT2D eigenvalue weighted by atomic mass is 127. The van der Waals surface area contributed by atoms with Crippen LogP contribution in [0.3, 0.4) is 0 Å². The summed E-state index contributed by atoms with van der Waals surface area (Å²) in [6.07, 6.45) is -3.52. The summed E-state index contributed by atoms with van der Waals surface area (Å²) in [5.41, 5.74) is 2.94. The lowest BCUT2D eigenvalue weighted by molar-refractivity contribution is -0.137. The predicted molar refractivity (Wildman–Crippen MR) is 136 cm³/mol. The number of alkyl halides is 3. The molecule has 0 aliphatic heterocycles. The molecule has 7 nitrogen and oxygen atoms in total. The normalized spacial score (nSPS) is 11.9. The quantitative estimate of drug-likeness (QED) is 0.162. The maximum Gasteiger partial charge on any atom is 0.416 e. The van der Waals surface area contributed by atoms with Gasteiger partial charge in [-0.2, -0.15) is 26.7 Å². The van der Waals surface area contributed by atoms with E-state index < -0.39 is 27.8 Å². The fourth-order valence-electron chi connectivity index (χ4n) is 3.02. The topological polar surface area (TPSA) is 94.1 Å². The first-order valence-electron chi connectivity index (χ1n) is 10.3. The van der Waals surface area contributed by atoms with Gasteiger partial charge in [0.15, 0.2) is 11.5 Å². The third-order valence-electron chi connectivity index (χ3n) is 4.78. The van der Waals surface area contributed by atoms with Crippen molar-refractivity contribution in [3.8, 4) is 11.5 Å². The van der Waals surface area contributed by atoms with E-state index in [2.05, 4.69) is 10.5 Å². The van der Waals surface area contributed by atoms with E-state index in [1.807, 2.05) is 29.5 Å². The first-order valence-corrected chi connectivity index (χ1v) is 12.7. The minimum atomic E-state index is -4.50. The maximum atomic E-state index is 12.8. The molecule has 3 rings (SSSR count). The van der Waals surface area contributed by atoms with E-state index in [9.17, 15) is 26.4 Å². The molecule has 0 aliphatic rings. The molecule has 3 aromatic rings. The number of hydrogen-bond donors (Lipinski definition) is 1. The predicted octanol–water partition coefficient (Wildman–Crippen LogP) is 5.09. The van der Waals surface area contributed by atoms with Crippen molar-refractivity contribution in [1.82, 2.24) is 5.43 Å². The van der Waals surface area contributed by atoms with Crippen LogP contribution in [0.1, 0.15) is 22.3 Å². The fraction of sp³-hybridized carbons (Fsp3) is 0.167. The van der Waals surface area contributed by atoms with Gasteiger partial charge in [0.25, 0.3) is 0 Å². The minimum absolute atomic E-state index is 0.00981. The van der Waals surface area contributed by atoms with Crippen LogP contribution in [0.25, 0.3) is 0 Å². The van der Waals surface area contributed by atoms with Crippen LogP contribution in [0.5, 0.6) is 11.5 Å². The monoisotopic (exact) mass is 632 g/mol. The lowest BCUT2D eigenvalue weighted by atomic mass is 10.1. The Morgan fingerprint density at radius 1 is 1.11 bits per heavy atom. The summed E-state index contributed by atoms with van der Waals surface area (Å²) in [5.74, 6) is -0.505. The molecule has 1 N–H and O–H groups in total. The van der Waals surface area contributed by atoms with Gasteiger partial charge in [0, 0.05) is 0 Å². The zero-order valence-corrected chi connectivity index (χ0v) is 21.9. The Morgan fingerprint density at radius 2 is 1.81 bits per heavy atom. The van der Waals surface area contributed by atoms with Crippen LogP contribution in [0.2, 0.25) is 0 Å². The van der Waals surface area contributed by atoms with Gasteiger partial charge in [-0.25, -0.2) is 5.43 Å². The number of ether oxygens (including phenoxy) is 1. The second kappa shape index (κ2) is 11.3. The van der Waals surface area contributed by atoms with Gasteiger partial charge in [0.1, 0.15) is 4.90 Å². The number of rotatable bonds is 8. The molecule has 36 heavy (non-hydrogen) atoms. The summed E-state index contributed by atoms with van der Waals surface area (Å²) < 4.78 is 74.9. The van der Waals surface area contributed by atoms with E-state index in [-0.39, 0.29) is 28.4 Å². The van der Waals surface area contributed by atoms with Crippen molar-refractivity contribution in [2.75, 3.05) is 7.11 Å². The van der Waals surface area contributed by atoms with Gasteiger partial charge in [-0.05, 0) is 71.0 Å². The molecule has 0 fully saturated rings. The summed E-state index contributed by atoms with van der Waals surface area (Å²) in [6, 6.07) is 13.7. The Labute approximate surface area is 219 Å². The molecule has 0 heterocycles. The standard InChI is InChI=1S/C24H20F3IN2O5S/c1-15-6-8-19(9-7-15)36(32,33)35-23-20(28)11-17(12-21(23)34-2)14-29-30-22(31)13-16-4-3-5-18(10-16)24(25,26)27/h3-12,14H,13H2,1-2H3,(H,30,31)/b29-14-. The van der Waals surface area contributed by atoms with Crippen molar-refractivity contribution in [2.45, 2.75) is 24.4 Å². The Bertz CT molecular complexity index is 1390. The lowest BCUT2D eigenvalue weighted by Crippen LogP contribution is -2.20. The SMILES string of the molecule is COc1cc(/C=N\NC(=O)Cc2cccc(C(F)(F)F)c2)cc(I)c1OS(=O)(=O)c1ccc(C)cc1. The molecular weight excluding hydrogens is 612 g/mol. The Hall–Kier alpha value is -3.13. The maximum absolute atomic E-state index is 12.8. The fourth-order valence-corrected chi connectivity index (χ4v) is 4.86. The van der Waals surface area contributed by atoms with Crippen LogP contribution in [-0.2, 0) is 27.5 Å². The smallest absolute Gasteiger partial charge is 0.416 e. The van der Waals surface area contributed by atoms with E-state index in [4.69, 9.17) is 8.92 Å². The van der Waals surface area contributed by atoms with Crippen LogP contribution < -0.4 is 14.3 Å². The second-order valence-electron chi connectivity index (χ2n) is 7.55. The molecule has 0 spiro atoms. The lowest BCUT2D eigenvalue weighted by Gasteiger charge is -2.13. The highest BCUT2D eigenvalue weighted by Gasteiger charge is 2.30. The van der Waals surface area contributed by atoms with Gasteiger partial charge >= 0.3 is 16.3 Å². The number of nitrogens with one attached hydrogen (secondary N) is 1. The molecule has 3 aromatic carbocycles. The number of carbonyl (C=O) groups excluding carboxylic acids is 1. The molecule has 0 atom stereocenters. The number of amides is 1. The third kappa shape index (κ3) is 7.20. The van der Waals surface area contributed by atoms with Crippen LogP contribution >= 0.6 is 22.6 Å². The molecule has 0 radical (unpaired) electrons. The molecule has 12 heteroatoms. The molecule has 0 unspecified atom stereocenters. The Kier molecular flexibility index (Phi) is 8.61. The van der Waals surface area contributed by atoms with Gasteiger partial charge < -0.3 is 8.92 Å². The van der Waals surface area contributed by atoms with Gasteiger partial charge in [0.2, 0.25) is 5.91 Å². The average molecular weight is 632 g/mol. The van der Waals surface area contributed by atoms with Crippen molar-refractivity contribution in [1.29, 1.82) is 0 Å².